The van der Waals surface area contributed by atoms with Gasteiger partial charge in [0.2, 0.25) is 0 Å². The van der Waals surface area contributed by atoms with Gasteiger partial charge in [-0.2, -0.15) is 0 Å². The van der Waals surface area contributed by atoms with E-state index in [1.165, 1.54) is 30.3 Å². The number of nitrogens with zero attached hydrogens (tertiary/aromatic N) is 1. The summed E-state index contributed by atoms with van der Waals surface area (Å²) in [4.78, 5) is 21.9. The number of nitrogens with one attached hydrogen (secondary N) is 2. The van der Waals surface area contributed by atoms with Crippen molar-refractivity contribution in [2.45, 2.75) is 6.10 Å². The first-order chi connectivity index (χ1) is 11.4. The van der Waals surface area contributed by atoms with Gasteiger partial charge in [-0.05, 0) is 29.8 Å². The van der Waals surface area contributed by atoms with Crippen molar-refractivity contribution >= 4 is 29.0 Å². The number of anilines is 1. The highest BCUT2D eigenvalue weighted by Gasteiger charge is 2.14. The lowest BCUT2D eigenvalue weighted by molar-refractivity contribution is -0.384. The van der Waals surface area contributed by atoms with Crippen molar-refractivity contribution < 1.29 is 19.2 Å². The quantitative estimate of drug-likeness (QED) is 0.567. The van der Waals surface area contributed by atoms with Gasteiger partial charge in [0, 0.05) is 18.3 Å². The summed E-state index contributed by atoms with van der Waals surface area (Å²) < 4.78 is 13.1. The van der Waals surface area contributed by atoms with E-state index >= 15 is 0 Å². The fraction of sp³-hybridized carbons (Fsp3) is 0.133. The van der Waals surface area contributed by atoms with Crippen LogP contribution in [0, 0.1) is 15.9 Å². The molecule has 0 saturated carbocycles. The van der Waals surface area contributed by atoms with Crippen LogP contribution < -0.4 is 10.6 Å². The third-order valence-corrected chi connectivity index (χ3v) is 3.41. The van der Waals surface area contributed by atoms with Crippen LogP contribution in [0.25, 0.3) is 0 Å². The van der Waals surface area contributed by atoms with Crippen molar-refractivity contribution in [3.63, 3.8) is 0 Å². The maximum absolute atomic E-state index is 13.1. The minimum absolute atomic E-state index is 0.0486. The minimum atomic E-state index is -1.09. The Morgan fingerprint density at radius 3 is 2.75 bits per heavy atom. The van der Waals surface area contributed by atoms with Gasteiger partial charge < -0.3 is 15.7 Å². The molecular weight excluding hydrogens is 341 g/mol. The van der Waals surface area contributed by atoms with E-state index in [1.807, 2.05) is 0 Å². The summed E-state index contributed by atoms with van der Waals surface area (Å²) in [5, 5.41) is 25.4. The highest BCUT2D eigenvalue weighted by molar-refractivity contribution is 6.32. The summed E-state index contributed by atoms with van der Waals surface area (Å²) in [6, 6.07) is 8.49. The lowest BCUT2D eigenvalue weighted by atomic mass is 10.1. The molecule has 0 aliphatic carbocycles. The number of nitro groups is 1. The van der Waals surface area contributed by atoms with Crippen LogP contribution in [0.1, 0.15) is 11.7 Å². The molecule has 0 radical (unpaired) electrons. The van der Waals surface area contributed by atoms with Gasteiger partial charge in [-0.1, -0.05) is 23.7 Å². The topological polar surface area (TPSA) is 104 Å². The number of carbonyl (C=O) groups excluding carboxylic acids is 1. The summed E-state index contributed by atoms with van der Waals surface area (Å²) in [5.74, 6) is -0.496. The molecule has 0 saturated heterocycles. The van der Waals surface area contributed by atoms with Gasteiger partial charge in [-0.15, -0.1) is 0 Å². The van der Waals surface area contributed by atoms with Crippen molar-refractivity contribution in [1.82, 2.24) is 5.32 Å². The highest BCUT2D eigenvalue weighted by atomic mass is 35.5. The second kappa shape index (κ2) is 7.71. The number of rotatable bonds is 5. The van der Waals surface area contributed by atoms with Crippen LogP contribution in [-0.4, -0.2) is 22.6 Å². The number of halogens is 2. The second-order valence-corrected chi connectivity index (χ2v) is 5.24. The Morgan fingerprint density at radius 1 is 1.33 bits per heavy atom. The molecule has 0 heterocycles. The summed E-state index contributed by atoms with van der Waals surface area (Å²) in [7, 11) is 0. The third-order valence-electron chi connectivity index (χ3n) is 3.09. The molecule has 0 spiro atoms. The first-order valence-corrected chi connectivity index (χ1v) is 7.17. The maximum atomic E-state index is 13.1. The summed E-state index contributed by atoms with van der Waals surface area (Å²) in [6.07, 6.45) is -1.09. The van der Waals surface area contributed by atoms with Crippen molar-refractivity contribution in [3.8, 4) is 0 Å². The molecule has 3 N–H and O–H groups in total. The summed E-state index contributed by atoms with van der Waals surface area (Å²) >= 11 is 5.68. The lowest BCUT2D eigenvalue weighted by Crippen LogP contribution is -2.32. The molecule has 0 fully saturated rings. The third kappa shape index (κ3) is 4.64. The number of hydrogen-bond acceptors (Lipinski definition) is 4. The molecule has 2 aromatic rings. The molecule has 7 nitrogen and oxygen atoms in total. The average Bonchev–Trinajstić information content (AvgIpc) is 2.54. The number of nitro benzene ring substituents is 1. The van der Waals surface area contributed by atoms with E-state index in [2.05, 4.69) is 10.6 Å². The number of benzene rings is 2. The van der Waals surface area contributed by atoms with E-state index in [9.17, 15) is 24.4 Å². The van der Waals surface area contributed by atoms with E-state index < -0.39 is 22.9 Å². The number of amides is 2. The highest BCUT2D eigenvalue weighted by Crippen LogP contribution is 2.27. The van der Waals surface area contributed by atoms with Crippen LogP contribution in [0.3, 0.4) is 0 Å². The van der Waals surface area contributed by atoms with E-state index in [-0.39, 0.29) is 22.9 Å². The fourth-order valence-electron chi connectivity index (χ4n) is 1.93. The van der Waals surface area contributed by atoms with Crippen LogP contribution >= 0.6 is 11.6 Å². The van der Waals surface area contributed by atoms with Crippen molar-refractivity contribution in [2.24, 2.45) is 0 Å². The Kier molecular flexibility index (Phi) is 5.67. The number of urea groups is 1. The van der Waals surface area contributed by atoms with Crippen molar-refractivity contribution in [2.75, 3.05) is 11.9 Å². The van der Waals surface area contributed by atoms with Gasteiger partial charge in [-0.25, -0.2) is 9.18 Å². The molecule has 0 aliphatic heterocycles. The molecule has 2 amide bonds. The zero-order valence-electron chi connectivity index (χ0n) is 12.2. The molecule has 0 aromatic heterocycles. The summed E-state index contributed by atoms with van der Waals surface area (Å²) in [6.45, 7) is -0.162. The van der Waals surface area contributed by atoms with E-state index in [4.69, 9.17) is 11.6 Å². The van der Waals surface area contributed by atoms with E-state index in [0.717, 1.165) is 12.1 Å². The lowest BCUT2D eigenvalue weighted by Gasteiger charge is -2.13. The average molecular weight is 354 g/mol. The molecule has 2 aromatic carbocycles. The van der Waals surface area contributed by atoms with Crippen LogP contribution in [0.15, 0.2) is 42.5 Å². The largest absolute Gasteiger partial charge is 0.387 e. The second-order valence-electron chi connectivity index (χ2n) is 4.83. The first-order valence-electron chi connectivity index (χ1n) is 6.79. The molecule has 1 unspecified atom stereocenters. The SMILES string of the molecule is O=C(NCC(O)c1cccc(F)c1)Nc1ccc(Cl)c([N+](=O)[O-])c1. The monoisotopic (exact) mass is 353 g/mol. The van der Waals surface area contributed by atoms with Crippen LogP contribution in [-0.2, 0) is 0 Å². The van der Waals surface area contributed by atoms with E-state index in [0.29, 0.717) is 5.56 Å². The molecule has 1 atom stereocenters. The number of aliphatic hydroxyl groups is 1. The molecule has 2 rings (SSSR count). The number of aliphatic hydroxyl groups excluding tert-OH is 1. The molecule has 9 heteroatoms. The Bertz CT molecular complexity index is 772. The maximum Gasteiger partial charge on any atom is 0.319 e. The Balaban J connectivity index is 1.94. The molecule has 0 aliphatic rings. The molecule has 126 valence electrons. The van der Waals surface area contributed by atoms with Crippen LogP contribution in [0.2, 0.25) is 5.02 Å². The first kappa shape index (κ1) is 17.6. The standard InChI is InChI=1S/C15H13ClFN3O4/c16-12-5-4-11(7-13(12)20(23)24)19-15(22)18-8-14(21)9-2-1-3-10(17)6-9/h1-7,14,21H,8H2,(H2,18,19,22). The summed E-state index contributed by atoms with van der Waals surface area (Å²) in [5.41, 5.74) is 0.149. The van der Waals surface area contributed by atoms with Crippen LogP contribution in [0.5, 0.6) is 0 Å². The smallest absolute Gasteiger partial charge is 0.319 e. The normalized spacial score (nSPS) is 11.6. The Morgan fingerprint density at radius 2 is 2.08 bits per heavy atom. The molecule has 24 heavy (non-hydrogen) atoms. The van der Waals surface area contributed by atoms with Crippen molar-refractivity contribution in [3.05, 3.63) is 69.0 Å². The fourth-order valence-corrected chi connectivity index (χ4v) is 2.11. The van der Waals surface area contributed by atoms with Gasteiger partial charge in [0.25, 0.3) is 5.69 Å². The zero-order chi connectivity index (χ0) is 17.7. The van der Waals surface area contributed by atoms with Gasteiger partial charge in [0.05, 0.1) is 11.0 Å². The molecule has 0 bridgehead atoms. The number of carbonyl (C=O) groups is 1. The zero-order valence-corrected chi connectivity index (χ0v) is 13.0. The van der Waals surface area contributed by atoms with Crippen molar-refractivity contribution in [1.29, 1.82) is 0 Å². The number of hydrogen-bond donors (Lipinski definition) is 3. The van der Waals surface area contributed by atoms with Gasteiger partial charge in [0.15, 0.2) is 0 Å². The predicted molar refractivity (Wildman–Crippen MR) is 86.5 cm³/mol. The molecular formula is C15H13ClFN3O4. The van der Waals surface area contributed by atoms with Gasteiger partial charge in [-0.3, -0.25) is 10.1 Å². The Hall–Kier alpha value is -2.71. The van der Waals surface area contributed by atoms with Crippen LogP contribution in [0.4, 0.5) is 20.6 Å². The van der Waals surface area contributed by atoms with Gasteiger partial charge >= 0.3 is 6.03 Å². The van der Waals surface area contributed by atoms with E-state index in [1.54, 1.807) is 0 Å². The minimum Gasteiger partial charge on any atom is -0.387 e. The Labute approximate surface area is 141 Å². The predicted octanol–water partition coefficient (Wildman–Crippen LogP) is 3.24. The van der Waals surface area contributed by atoms with Gasteiger partial charge in [0.1, 0.15) is 10.8 Å².